The lowest BCUT2D eigenvalue weighted by molar-refractivity contribution is -0.137. The van der Waals surface area contributed by atoms with Gasteiger partial charge in [-0.2, -0.15) is 13.2 Å². The minimum absolute atomic E-state index is 0.0387. The van der Waals surface area contributed by atoms with Crippen LogP contribution >= 0.6 is 11.3 Å². The SMILES string of the molecule is CCCOc1ccc(-c2csc(NC(=O)Nc3cccc(C(F)(F)F)c3)n2)cc1. The molecule has 2 aromatic carbocycles. The number of halogens is 3. The zero-order chi connectivity index (χ0) is 20.9. The smallest absolute Gasteiger partial charge is 0.416 e. The number of hydrogen-bond donors (Lipinski definition) is 2. The van der Waals surface area contributed by atoms with Crippen LogP contribution in [0.25, 0.3) is 11.3 Å². The molecule has 1 aromatic heterocycles. The van der Waals surface area contributed by atoms with Crippen molar-refractivity contribution in [3.63, 3.8) is 0 Å². The van der Waals surface area contributed by atoms with Crippen LogP contribution < -0.4 is 15.4 Å². The van der Waals surface area contributed by atoms with Gasteiger partial charge in [-0.05, 0) is 48.9 Å². The van der Waals surface area contributed by atoms with Crippen molar-refractivity contribution in [2.45, 2.75) is 19.5 Å². The molecule has 0 radical (unpaired) electrons. The number of ether oxygens (including phenoxy) is 1. The minimum atomic E-state index is -4.48. The Balaban J connectivity index is 1.62. The second kappa shape index (κ2) is 8.95. The second-order valence-electron chi connectivity index (χ2n) is 6.07. The fourth-order valence-electron chi connectivity index (χ4n) is 2.44. The summed E-state index contributed by atoms with van der Waals surface area (Å²) >= 11 is 1.21. The minimum Gasteiger partial charge on any atom is -0.494 e. The van der Waals surface area contributed by atoms with E-state index < -0.39 is 17.8 Å². The molecular weight excluding hydrogens is 403 g/mol. The van der Waals surface area contributed by atoms with Gasteiger partial charge < -0.3 is 10.1 Å². The van der Waals surface area contributed by atoms with Crippen molar-refractivity contribution in [3.05, 3.63) is 59.5 Å². The number of aromatic nitrogens is 1. The lowest BCUT2D eigenvalue weighted by Gasteiger charge is -2.09. The van der Waals surface area contributed by atoms with E-state index in [0.717, 1.165) is 29.9 Å². The molecule has 0 saturated heterocycles. The second-order valence-corrected chi connectivity index (χ2v) is 6.93. The molecule has 0 saturated carbocycles. The number of carbonyl (C=O) groups is 1. The summed E-state index contributed by atoms with van der Waals surface area (Å²) < 4.78 is 43.8. The molecule has 3 rings (SSSR count). The first-order valence-corrected chi connectivity index (χ1v) is 9.67. The van der Waals surface area contributed by atoms with E-state index in [9.17, 15) is 18.0 Å². The Kier molecular flexibility index (Phi) is 6.38. The summed E-state index contributed by atoms with van der Waals surface area (Å²) in [5, 5.41) is 7.02. The zero-order valence-corrected chi connectivity index (χ0v) is 16.2. The van der Waals surface area contributed by atoms with Gasteiger partial charge in [0.25, 0.3) is 0 Å². The first kappa shape index (κ1) is 20.7. The average molecular weight is 421 g/mol. The van der Waals surface area contributed by atoms with Crippen molar-refractivity contribution in [2.75, 3.05) is 17.2 Å². The van der Waals surface area contributed by atoms with Gasteiger partial charge in [-0.1, -0.05) is 13.0 Å². The molecule has 0 atom stereocenters. The highest BCUT2D eigenvalue weighted by Crippen LogP contribution is 2.31. The van der Waals surface area contributed by atoms with Crippen molar-refractivity contribution in [1.29, 1.82) is 0 Å². The Hall–Kier alpha value is -3.07. The Morgan fingerprint density at radius 1 is 1.14 bits per heavy atom. The summed E-state index contributed by atoms with van der Waals surface area (Å²) in [5.74, 6) is 0.768. The number of amides is 2. The van der Waals surface area contributed by atoms with E-state index in [-0.39, 0.29) is 5.69 Å². The molecule has 3 aromatic rings. The lowest BCUT2D eigenvalue weighted by atomic mass is 10.2. The first-order valence-electron chi connectivity index (χ1n) is 8.79. The highest BCUT2D eigenvalue weighted by Gasteiger charge is 2.30. The summed E-state index contributed by atoms with van der Waals surface area (Å²) in [6.45, 7) is 2.67. The standard InChI is InChI=1S/C20H18F3N3O2S/c1-2-10-28-16-8-6-13(7-9-16)17-12-29-19(25-17)26-18(27)24-15-5-3-4-14(11-15)20(21,22)23/h3-9,11-12H,2,10H2,1H3,(H2,24,25,26,27). The predicted molar refractivity (Wildman–Crippen MR) is 107 cm³/mol. The number of alkyl halides is 3. The number of carbonyl (C=O) groups excluding carboxylic acids is 1. The van der Waals surface area contributed by atoms with Crippen molar-refractivity contribution < 1.29 is 22.7 Å². The van der Waals surface area contributed by atoms with E-state index in [2.05, 4.69) is 15.6 Å². The number of urea groups is 1. The van der Waals surface area contributed by atoms with E-state index in [0.29, 0.717) is 17.4 Å². The average Bonchev–Trinajstić information content (AvgIpc) is 3.14. The van der Waals surface area contributed by atoms with Crippen LogP contribution in [0.5, 0.6) is 5.75 Å². The molecule has 29 heavy (non-hydrogen) atoms. The third-order valence-electron chi connectivity index (χ3n) is 3.80. The van der Waals surface area contributed by atoms with Gasteiger partial charge in [-0.15, -0.1) is 11.3 Å². The van der Waals surface area contributed by atoms with Gasteiger partial charge in [-0.3, -0.25) is 5.32 Å². The number of thiazole rings is 1. The number of nitrogens with one attached hydrogen (secondary N) is 2. The summed E-state index contributed by atoms with van der Waals surface area (Å²) in [7, 11) is 0. The predicted octanol–water partition coefficient (Wildman–Crippen LogP) is 6.26. The number of anilines is 2. The van der Waals surface area contributed by atoms with Crippen molar-refractivity contribution in [3.8, 4) is 17.0 Å². The summed E-state index contributed by atoms with van der Waals surface area (Å²) in [6.07, 6.45) is -3.55. The van der Waals surface area contributed by atoms with Crippen LogP contribution in [0.3, 0.4) is 0 Å². The third kappa shape index (κ3) is 5.71. The van der Waals surface area contributed by atoms with Crippen LogP contribution in [0.15, 0.2) is 53.9 Å². The molecule has 152 valence electrons. The Bertz CT molecular complexity index is 972. The summed E-state index contributed by atoms with van der Waals surface area (Å²) in [6, 6.07) is 11.2. The van der Waals surface area contributed by atoms with Gasteiger partial charge >= 0.3 is 12.2 Å². The van der Waals surface area contributed by atoms with E-state index in [1.54, 1.807) is 5.38 Å². The van der Waals surface area contributed by atoms with E-state index in [1.807, 2.05) is 31.2 Å². The first-order chi connectivity index (χ1) is 13.8. The number of nitrogens with zero attached hydrogens (tertiary/aromatic N) is 1. The van der Waals surface area contributed by atoms with Crippen LogP contribution in [0.2, 0.25) is 0 Å². The molecule has 0 bridgehead atoms. The molecule has 0 fully saturated rings. The molecule has 2 N–H and O–H groups in total. The van der Waals surface area contributed by atoms with Gasteiger partial charge in [0, 0.05) is 16.6 Å². The van der Waals surface area contributed by atoms with Crippen LogP contribution in [0.4, 0.5) is 28.8 Å². The highest BCUT2D eigenvalue weighted by molar-refractivity contribution is 7.14. The molecule has 0 aliphatic rings. The monoisotopic (exact) mass is 421 g/mol. The molecular formula is C20H18F3N3O2S. The third-order valence-corrected chi connectivity index (χ3v) is 4.55. The normalized spacial score (nSPS) is 11.2. The van der Waals surface area contributed by atoms with Crippen LogP contribution in [-0.2, 0) is 6.18 Å². The molecule has 0 unspecified atom stereocenters. The number of rotatable bonds is 6. The quantitative estimate of drug-likeness (QED) is 0.494. The fourth-order valence-corrected chi connectivity index (χ4v) is 3.15. The fraction of sp³-hybridized carbons (Fsp3) is 0.200. The Morgan fingerprint density at radius 3 is 2.59 bits per heavy atom. The van der Waals surface area contributed by atoms with E-state index in [4.69, 9.17) is 4.74 Å². The zero-order valence-electron chi connectivity index (χ0n) is 15.4. The van der Waals surface area contributed by atoms with Crippen molar-refractivity contribution in [1.82, 2.24) is 4.98 Å². The molecule has 0 aliphatic heterocycles. The molecule has 1 heterocycles. The molecule has 5 nitrogen and oxygen atoms in total. The number of hydrogen-bond acceptors (Lipinski definition) is 4. The Labute approximate surface area is 169 Å². The Morgan fingerprint density at radius 2 is 1.90 bits per heavy atom. The van der Waals surface area contributed by atoms with Crippen LogP contribution in [0, 0.1) is 0 Å². The van der Waals surface area contributed by atoms with Crippen molar-refractivity contribution in [2.24, 2.45) is 0 Å². The van der Waals surface area contributed by atoms with Crippen molar-refractivity contribution >= 4 is 28.2 Å². The van der Waals surface area contributed by atoms with Gasteiger partial charge in [0.05, 0.1) is 17.9 Å². The van der Waals surface area contributed by atoms with Gasteiger partial charge in [0.2, 0.25) is 0 Å². The lowest BCUT2D eigenvalue weighted by Crippen LogP contribution is -2.19. The highest BCUT2D eigenvalue weighted by atomic mass is 32.1. The van der Waals surface area contributed by atoms with Crippen LogP contribution in [-0.4, -0.2) is 17.6 Å². The van der Waals surface area contributed by atoms with Gasteiger partial charge in [-0.25, -0.2) is 9.78 Å². The maximum atomic E-state index is 12.8. The number of benzene rings is 2. The summed E-state index contributed by atoms with van der Waals surface area (Å²) in [5.41, 5.74) is 0.734. The maximum absolute atomic E-state index is 12.8. The molecule has 2 amide bonds. The molecule has 9 heteroatoms. The molecule has 0 spiro atoms. The van der Waals surface area contributed by atoms with Gasteiger partial charge in [0.15, 0.2) is 5.13 Å². The van der Waals surface area contributed by atoms with E-state index in [1.165, 1.54) is 23.5 Å². The molecule has 0 aliphatic carbocycles. The maximum Gasteiger partial charge on any atom is 0.416 e. The van der Waals surface area contributed by atoms with Gasteiger partial charge in [0.1, 0.15) is 5.75 Å². The largest absolute Gasteiger partial charge is 0.494 e. The topological polar surface area (TPSA) is 63.2 Å². The van der Waals surface area contributed by atoms with E-state index >= 15 is 0 Å². The summed E-state index contributed by atoms with van der Waals surface area (Å²) in [4.78, 5) is 16.4. The van der Waals surface area contributed by atoms with Crippen LogP contribution in [0.1, 0.15) is 18.9 Å².